The number of aromatic carboxylic acids is 1. The van der Waals surface area contributed by atoms with Gasteiger partial charge in [0.25, 0.3) is 0 Å². The first-order chi connectivity index (χ1) is 8.82. The summed E-state index contributed by atoms with van der Waals surface area (Å²) in [5.41, 5.74) is 5.33. The molecule has 1 aromatic carbocycles. The Balaban J connectivity index is 3.00. The molecular formula is C13H17ClN2O3. The van der Waals surface area contributed by atoms with Crippen molar-refractivity contribution in [2.24, 2.45) is 5.73 Å². The summed E-state index contributed by atoms with van der Waals surface area (Å²) in [5, 5.41) is 11.8. The van der Waals surface area contributed by atoms with Gasteiger partial charge in [-0.2, -0.15) is 0 Å². The summed E-state index contributed by atoms with van der Waals surface area (Å²) in [4.78, 5) is 23.0. The first kappa shape index (κ1) is 15.5. The molecule has 0 aliphatic rings. The van der Waals surface area contributed by atoms with Crippen LogP contribution in [-0.4, -0.2) is 22.5 Å². The zero-order valence-electron chi connectivity index (χ0n) is 10.9. The number of carboxylic acid groups (broad SMARTS) is 1. The van der Waals surface area contributed by atoms with Crippen LogP contribution in [0.3, 0.4) is 0 Å². The fraction of sp³-hybridized carbons (Fsp3) is 0.385. The second-order valence-corrected chi connectivity index (χ2v) is 4.79. The van der Waals surface area contributed by atoms with E-state index in [2.05, 4.69) is 5.32 Å². The van der Waals surface area contributed by atoms with Crippen molar-refractivity contribution in [3.63, 3.8) is 0 Å². The van der Waals surface area contributed by atoms with Crippen LogP contribution in [0.25, 0.3) is 0 Å². The average Bonchev–Trinajstić information content (AvgIpc) is 2.36. The summed E-state index contributed by atoms with van der Waals surface area (Å²) in [7, 11) is 0. The molecular weight excluding hydrogens is 268 g/mol. The molecule has 4 N–H and O–H groups in total. The number of halogens is 1. The second-order valence-electron chi connectivity index (χ2n) is 4.35. The van der Waals surface area contributed by atoms with Crippen LogP contribution < -0.4 is 11.1 Å². The third kappa shape index (κ3) is 3.68. The predicted octanol–water partition coefficient (Wildman–Crippen LogP) is 2.49. The molecule has 0 spiro atoms. The van der Waals surface area contributed by atoms with Gasteiger partial charge in [-0.05, 0) is 31.0 Å². The van der Waals surface area contributed by atoms with Gasteiger partial charge >= 0.3 is 5.97 Å². The smallest absolute Gasteiger partial charge is 0.335 e. The third-order valence-corrected chi connectivity index (χ3v) is 3.33. The predicted molar refractivity (Wildman–Crippen MR) is 74.5 cm³/mol. The Hall–Kier alpha value is -1.59. The van der Waals surface area contributed by atoms with Crippen molar-refractivity contribution in [2.45, 2.75) is 32.2 Å². The number of rotatable bonds is 5. The standard InChI is InChI=1S/C13H17ClN2O3/c1-3-13(15,4-2)12(19)16-10-6-8(11(17)18)5-9(14)7-10/h5-7H,3-4,15H2,1-2H3,(H,16,19)(H,17,18). The quantitative estimate of drug-likeness (QED) is 0.774. The zero-order valence-corrected chi connectivity index (χ0v) is 11.6. The van der Waals surface area contributed by atoms with Crippen LogP contribution in [0.4, 0.5) is 5.69 Å². The van der Waals surface area contributed by atoms with Gasteiger partial charge in [0.2, 0.25) is 5.91 Å². The molecule has 5 nitrogen and oxygen atoms in total. The summed E-state index contributed by atoms with van der Waals surface area (Å²) in [6.07, 6.45) is 0.976. The van der Waals surface area contributed by atoms with Gasteiger partial charge in [0.05, 0.1) is 11.1 Å². The van der Waals surface area contributed by atoms with Gasteiger partial charge in [-0.25, -0.2) is 4.79 Å². The number of hydrogen-bond donors (Lipinski definition) is 3. The lowest BCUT2D eigenvalue weighted by molar-refractivity contribution is -0.121. The van der Waals surface area contributed by atoms with Gasteiger partial charge < -0.3 is 16.2 Å². The van der Waals surface area contributed by atoms with E-state index in [-0.39, 0.29) is 16.5 Å². The van der Waals surface area contributed by atoms with Crippen molar-refractivity contribution in [3.05, 3.63) is 28.8 Å². The molecule has 1 amide bonds. The van der Waals surface area contributed by atoms with Crippen molar-refractivity contribution in [1.29, 1.82) is 0 Å². The highest BCUT2D eigenvalue weighted by atomic mass is 35.5. The van der Waals surface area contributed by atoms with Crippen LogP contribution >= 0.6 is 11.6 Å². The minimum Gasteiger partial charge on any atom is -0.478 e. The summed E-state index contributed by atoms with van der Waals surface area (Å²) in [6, 6.07) is 4.14. The van der Waals surface area contributed by atoms with Crippen LogP contribution in [0.1, 0.15) is 37.0 Å². The Morgan fingerprint density at radius 1 is 1.32 bits per heavy atom. The lowest BCUT2D eigenvalue weighted by Gasteiger charge is -2.25. The highest BCUT2D eigenvalue weighted by Crippen LogP contribution is 2.21. The van der Waals surface area contributed by atoms with Gasteiger partial charge in [0.15, 0.2) is 0 Å². The number of anilines is 1. The fourth-order valence-electron chi connectivity index (χ4n) is 1.61. The number of carboxylic acids is 1. The van der Waals surface area contributed by atoms with Crippen molar-refractivity contribution in [2.75, 3.05) is 5.32 Å². The van der Waals surface area contributed by atoms with Crippen LogP contribution in [0, 0.1) is 0 Å². The number of carbonyl (C=O) groups is 2. The number of benzene rings is 1. The molecule has 0 heterocycles. The monoisotopic (exact) mass is 284 g/mol. The molecule has 1 rings (SSSR count). The molecule has 0 aliphatic heterocycles. The third-order valence-electron chi connectivity index (χ3n) is 3.12. The van der Waals surface area contributed by atoms with Crippen LogP contribution in [0.5, 0.6) is 0 Å². The second kappa shape index (κ2) is 6.04. The Bertz CT molecular complexity index is 499. The van der Waals surface area contributed by atoms with Crippen LogP contribution in [0.15, 0.2) is 18.2 Å². The molecule has 0 unspecified atom stereocenters. The number of hydrogen-bond acceptors (Lipinski definition) is 3. The maximum Gasteiger partial charge on any atom is 0.335 e. The van der Waals surface area contributed by atoms with Gasteiger partial charge in [-0.15, -0.1) is 0 Å². The highest BCUT2D eigenvalue weighted by molar-refractivity contribution is 6.31. The van der Waals surface area contributed by atoms with E-state index < -0.39 is 11.5 Å². The molecule has 0 aliphatic carbocycles. The Labute approximate surface area is 116 Å². The largest absolute Gasteiger partial charge is 0.478 e. The van der Waals surface area contributed by atoms with E-state index in [1.807, 2.05) is 13.8 Å². The van der Waals surface area contributed by atoms with E-state index in [9.17, 15) is 9.59 Å². The normalized spacial score (nSPS) is 11.2. The zero-order chi connectivity index (χ0) is 14.6. The van der Waals surface area contributed by atoms with E-state index in [0.717, 1.165) is 0 Å². The topological polar surface area (TPSA) is 92.4 Å². The van der Waals surface area contributed by atoms with Crippen molar-refractivity contribution in [1.82, 2.24) is 0 Å². The lowest BCUT2D eigenvalue weighted by atomic mass is 9.93. The summed E-state index contributed by atoms with van der Waals surface area (Å²) in [6.45, 7) is 3.65. The molecule has 104 valence electrons. The van der Waals surface area contributed by atoms with Crippen molar-refractivity contribution >= 4 is 29.2 Å². The van der Waals surface area contributed by atoms with Crippen LogP contribution in [-0.2, 0) is 4.79 Å². The van der Waals surface area contributed by atoms with Gasteiger partial charge in [0, 0.05) is 10.7 Å². The maximum absolute atomic E-state index is 12.1. The van der Waals surface area contributed by atoms with Gasteiger partial charge in [-0.3, -0.25) is 4.79 Å². The van der Waals surface area contributed by atoms with Crippen molar-refractivity contribution in [3.8, 4) is 0 Å². The first-order valence-electron chi connectivity index (χ1n) is 5.96. The molecule has 0 saturated carbocycles. The minimum atomic E-state index is -1.11. The first-order valence-corrected chi connectivity index (χ1v) is 6.34. The number of carbonyl (C=O) groups excluding carboxylic acids is 1. The maximum atomic E-state index is 12.1. The summed E-state index contributed by atoms with van der Waals surface area (Å²) >= 11 is 5.81. The summed E-state index contributed by atoms with van der Waals surface area (Å²) in [5.74, 6) is -1.46. The SMILES string of the molecule is CCC(N)(CC)C(=O)Nc1cc(Cl)cc(C(=O)O)c1. The van der Waals surface area contributed by atoms with E-state index in [1.165, 1.54) is 18.2 Å². The molecule has 6 heteroatoms. The Kier molecular flexibility index (Phi) is 4.91. The molecule has 1 aromatic rings. The molecule has 19 heavy (non-hydrogen) atoms. The molecule has 0 aromatic heterocycles. The lowest BCUT2D eigenvalue weighted by Crippen LogP contribution is -2.50. The van der Waals surface area contributed by atoms with E-state index in [0.29, 0.717) is 18.5 Å². The molecule has 0 bridgehead atoms. The van der Waals surface area contributed by atoms with Gasteiger partial charge in [0.1, 0.15) is 0 Å². The number of nitrogens with one attached hydrogen (secondary N) is 1. The highest BCUT2D eigenvalue weighted by Gasteiger charge is 2.30. The fourth-order valence-corrected chi connectivity index (χ4v) is 1.85. The number of nitrogens with two attached hydrogens (primary N) is 1. The van der Waals surface area contributed by atoms with E-state index >= 15 is 0 Å². The van der Waals surface area contributed by atoms with Gasteiger partial charge in [-0.1, -0.05) is 25.4 Å². The average molecular weight is 285 g/mol. The van der Waals surface area contributed by atoms with E-state index in [4.69, 9.17) is 22.4 Å². The van der Waals surface area contributed by atoms with Crippen molar-refractivity contribution < 1.29 is 14.7 Å². The Morgan fingerprint density at radius 3 is 2.37 bits per heavy atom. The molecule has 0 atom stereocenters. The minimum absolute atomic E-state index is 0.0124. The van der Waals surface area contributed by atoms with E-state index in [1.54, 1.807) is 0 Å². The van der Waals surface area contributed by atoms with Crippen LogP contribution in [0.2, 0.25) is 5.02 Å². The molecule has 0 radical (unpaired) electrons. The Morgan fingerprint density at radius 2 is 1.89 bits per heavy atom. The molecule has 0 fully saturated rings. The molecule has 0 saturated heterocycles. The summed E-state index contributed by atoms with van der Waals surface area (Å²) < 4.78 is 0. The number of amides is 1.